The van der Waals surface area contributed by atoms with Crippen LogP contribution in [0.1, 0.15) is 24.4 Å². The van der Waals surface area contributed by atoms with Crippen molar-refractivity contribution >= 4 is 5.97 Å². The summed E-state index contributed by atoms with van der Waals surface area (Å²) in [6.07, 6.45) is -2.67. The molecule has 0 saturated carbocycles. The predicted octanol–water partition coefficient (Wildman–Crippen LogP) is 2.60. The van der Waals surface area contributed by atoms with E-state index in [-0.39, 0.29) is 5.60 Å². The molecular formula is C16H22F3NO5. The summed E-state index contributed by atoms with van der Waals surface area (Å²) in [4.78, 5) is 11.3. The molecule has 1 aromatic heterocycles. The second kappa shape index (κ2) is 7.76. The van der Waals surface area contributed by atoms with Gasteiger partial charge in [0.05, 0.1) is 18.2 Å². The molecule has 0 amide bonds. The van der Waals surface area contributed by atoms with Crippen LogP contribution < -0.4 is 0 Å². The van der Waals surface area contributed by atoms with E-state index >= 15 is 0 Å². The maximum atomic E-state index is 10.6. The number of carboxylic acids is 1. The van der Waals surface area contributed by atoms with E-state index in [1.807, 2.05) is 13.0 Å². The molecule has 1 unspecified atom stereocenters. The van der Waals surface area contributed by atoms with E-state index in [9.17, 15) is 13.2 Å². The standard InChI is InChI=1S/C14H21NO3.C2HF3O2/c1-11-3-4-13(18-11)8-15-9-14(10-15)7-12(16-2)5-6-17-14;3-2(4,5)1(6)7/h3-4,12H,5-10H2,1-2H3;(H,6,7). The van der Waals surface area contributed by atoms with E-state index in [1.165, 1.54) is 0 Å². The Labute approximate surface area is 143 Å². The molecule has 2 saturated heterocycles. The number of aryl methyl sites for hydroxylation is 1. The summed E-state index contributed by atoms with van der Waals surface area (Å²) in [5.74, 6) is -0.734. The Morgan fingerprint density at radius 3 is 2.56 bits per heavy atom. The molecule has 1 spiro atoms. The molecule has 0 radical (unpaired) electrons. The lowest BCUT2D eigenvalue weighted by atomic mass is 9.84. The third-order valence-corrected chi connectivity index (χ3v) is 4.22. The average molecular weight is 365 g/mol. The average Bonchev–Trinajstić information content (AvgIpc) is 2.91. The van der Waals surface area contributed by atoms with Gasteiger partial charge >= 0.3 is 12.1 Å². The molecule has 9 heteroatoms. The van der Waals surface area contributed by atoms with Gasteiger partial charge in [0.15, 0.2) is 0 Å². The number of hydrogen-bond acceptors (Lipinski definition) is 5. The molecule has 3 rings (SSSR count). The Bertz CT molecular complexity index is 581. The molecule has 142 valence electrons. The lowest BCUT2D eigenvalue weighted by Crippen LogP contribution is -2.65. The fourth-order valence-electron chi connectivity index (χ4n) is 3.08. The number of nitrogens with zero attached hydrogens (tertiary/aromatic N) is 1. The van der Waals surface area contributed by atoms with E-state index in [0.717, 1.165) is 50.6 Å². The topological polar surface area (TPSA) is 72.1 Å². The number of carbonyl (C=O) groups is 1. The number of carboxylic acid groups (broad SMARTS) is 1. The maximum Gasteiger partial charge on any atom is 0.490 e. The van der Waals surface area contributed by atoms with Gasteiger partial charge in [-0.1, -0.05) is 0 Å². The third kappa shape index (κ3) is 5.45. The van der Waals surface area contributed by atoms with Gasteiger partial charge in [-0.3, -0.25) is 4.90 Å². The number of hydrogen-bond donors (Lipinski definition) is 1. The zero-order valence-electron chi connectivity index (χ0n) is 14.1. The van der Waals surface area contributed by atoms with Gasteiger partial charge in [0.2, 0.25) is 0 Å². The molecule has 0 bridgehead atoms. The SMILES string of the molecule is COC1CCOC2(C1)CN(Cc1ccc(C)o1)C2.O=C(O)C(F)(F)F. The van der Waals surface area contributed by atoms with Crippen LogP contribution in [0.4, 0.5) is 13.2 Å². The number of alkyl halides is 3. The van der Waals surface area contributed by atoms with Gasteiger partial charge in [0, 0.05) is 33.2 Å². The molecule has 2 fully saturated rings. The fraction of sp³-hybridized carbons (Fsp3) is 0.688. The highest BCUT2D eigenvalue weighted by molar-refractivity contribution is 5.73. The minimum absolute atomic E-state index is 0.0422. The van der Waals surface area contributed by atoms with Crippen molar-refractivity contribution in [2.45, 2.75) is 44.2 Å². The smallest absolute Gasteiger partial charge is 0.475 e. The predicted molar refractivity (Wildman–Crippen MR) is 81.1 cm³/mol. The summed E-state index contributed by atoms with van der Waals surface area (Å²) in [6.45, 7) is 5.68. The minimum atomic E-state index is -5.08. The summed E-state index contributed by atoms with van der Waals surface area (Å²) < 4.78 is 48.8. The van der Waals surface area contributed by atoms with Crippen molar-refractivity contribution < 1.29 is 37.0 Å². The van der Waals surface area contributed by atoms with Gasteiger partial charge in [-0.15, -0.1) is 0 Å². The molecule has 0 aromatic carbocycles. The summed E-state index contributed by atoms with van der Waals surface area (Å²) in [7, 11) is 1.80. The third-order valence-electron chi connectivity index (χ3n) is 4.22. The van der Waals surface area contributed by atoms with Crippen molar-refractivity contribution in [2.75, 3.05) is 26.8 Å². The summed E-state index contributed by atoms with van der Waals surface area (Å²) in [5.41, 5.74) is 0.0422. The van der Waals surface area contributed by atoms with Crippen LogP contribution in [0.2, 0.25) is 0 Å². The van der Waals surface area contributed by atoms with Gasteiger partial charge in [-0.05, 0) is 25.5 Å². The van der Waals surface area contributed by atoms with Crippen molar-refractivity contribution in [3.63, 3.8) is 0 Å². The summed E-state index contributed by atoms with van der Waals surface area (Å²) >= 11 is 0. The number of halogens is 3. The Hall–Kier alpha value is -1.58. The number of furan rings is 1. The molecule has 2 aliphatic rings. The Morgan fingerprint density at radius 1 is 1.44 bits per heavy atom. The minimum Gasteiger partial charge on any atom is -0.475 e. The molecule has 2 aliphatic heterocycles. The van der Waals surface area contributed by atoms with Crippen LogP contribution in [0.25, 0.3) is 0 Å². The Kier molecular flexibility index (Phi) is 6.12. The van der Waals surface area contributed by atoms with E-state index in [2.05, 4.69) is 11.0 Å². The number of methoxy groups -OCH3 is 1. The number of aliphatic carboxylic acids is 1. The second-order valence-electron chi connectivity index (χ2n) is 6.34. The van der Waals surface area contributed by atoms with Crippen molar-refractivity contribution in [1.29, 1.82) is 0 Å². The molecule has 6 nitrogen and oxygen atoms in total. The molecule has 1 atom stereocenters. The van der Waals surface area contributed by atoms with Crippen LogP contribution in [0.5, 0.6) is 0 Å². The van der Waals surface area contributed by atoms with Crippen LogP contribution in [0.3, 0.4) is 0 Å². The van der Waals surface area contributed by atoms with Crippen LogP contribution in [-0.2, 0) is 20.8 Å². The van der Waals surface area contributed by atoms with E-state index in [0.29, 0.717) is 6.10 Å². The lowest BCUT2D eigenvalue weighted by molar-refractivity contribution is -0.196. The van der Waals surface area contributed by atoms with Crippen LogP contribution in [0, 0.1) is 6.92 Å². The first kappa shape index (κ1) is 19.7. The largest absolute Gasteiger partial charge is 0.490 e. The normalized spacial score (nSPS) is 22.8. The zero-order valence-corrected chi connectivity index (χ0v) is 14.1. The van der Waals surface area contributed by atoms with Crippen molar-refractivity contribution in [3.8, 4) is 0 Å². The first-order chi connectivity index (χ1) is 11.6. The zero-order chi connectivity index (χ0) is 18.7. The summed E-state index contributed by atoms with van der Waals surface area (Å²) in [6, 6.07) is 4.07. The quantitative estimate of drug-likeness (QED) is 0.888. The first-order valence-corrected chi connectivity index (χ1v) is 7.88. The Morgan fingerprint density at radius 2 is 2.08 bits per heavy atom. The van der Waals surface area contributed by atoms with Crippen LogP contribution in [-0.4, -0.2) is 60.7 Å². The number of likely N-dealkylation sites (tertiary alicyclic amines) is 1. The highest BCUT2D eigenvalue weighted by Gasteiger charge is 2.47. The van der Waals surface area contributed by atoms with E-state index in [1.54, 1.807) is 7.11 Å². The monoisotopic (exact) mass is 365 g/mol. The molecule has 25 heavy (non-hydrogen) atoms. The van der Waals surface area contributed by atoms with Gasteiger partial charge in [-0.25, -0.2) is 4.79 Å². The van der Waals surface area contributed by atoms with Crippen molar-refractivity contribution in [2.24, 2.45) is 0 Å². The lowest BCUT2D eigenvalue weighted by Gasteiger charge is -2.52. The molecular weight excluding hydrogens is 343 g/mol. The molecule has 1 N–H and O–H groups in total. The highest BCUT2D eigenvalue weighted by Crippen LogP contribution is 2.35. The first-order valence-electron chi connectivity index (χ1n) is 7.88. The molecule has 1 aromatic rings. The van der Waals surface area contributed by atoms with Crippen LogP contribution >= 0.6 is 0 Å². The highest BCUT2D eigenvalue weighted by atomic mass is 19.4. The van der Waals surface area contributed by atoms with Crippen molar-refractivity contribution in [1.82, 2.24) is 4.90 Å². The van der Waals surface area contributed by atoms with Gasteiger partial charge in [-0.2, -0.15) is 13.2 Å². The van der Waals surface area contributed by atoms with Gasteiger partial charge in [0.25, 0.3) is 0 Å². The number of ether oxygens (including phenoxy) is 2. The Balaban J connectivity index is 0.000000277. The van der Waals surface area contributed by atoms with E-state index < -0.39 is 12.1 Å². The van der Waals surface area contributed by atoms with E-state index in [4.69, 9.17) is 23.8 Å². The second-order valence-corrected chi connectivity index (χ2v) is 6.34. The maximum absolute atomic E-state index is 10.6. The van der Waals surface area contributed by atoms with Crippen molar-refractivity contribution in [3.05, 3.63) is 23.7 Å². The molecule has 3 heterocycles. The molecule has 0 aliphatic carbocycles. The fourth-order valence-corrected chi connectivity index (χ4v) is 3.08. The number of rotatable bonds is 3. The van der Waals surface area contributed by atoms with Gasteiger partial charge in [0.1, 0.15) is 11.5 Å². The summed E-state index contributed by atoms with van der Waals surface area (Å²) in [5, 5.41) is 7.12. The van der Waals surface area contributed by atoms with Gasteiger partial charge < -0.3 is 19.0 Å². The van der Waals surface area contributed by atoms with Crippen LogP contribution in [0.15, 0.2) is 16.5 Å².